The van der Waals surface area contributed by atoms with Gasteiger partial charge in [0.25, 0.3) is 0 Å². The topological polar surface area (TPSA) is 55.1 Å². The maximum Gasteiger partial charge on any atom is 0.391 e. The average molecular weight is 318 g/mol. The highest BCUT2D eigenvalue weighted by Gasteiger charge is 2.43. The highest BCUT2D eigenvalue weighted by atomic mass is 19.4. The van der Waals surface area contributed by atoms with Gasteiger partial charge in [-0.3, -0.25) is 4.79 Å². The largest absolute Gasteiger partial charge is 0.391 e. The summed E-state index contributed by atoms with van der Waals surface area (Å²) in [4.78, 5) is 12.1. The third-order valence-corrected chi connectivity index (χ3v) is 4.01. The van der Waals surface area contributed by atoms with Crippen LogP contribution in [0.25, 0.3) is 0 Å². The van der Waals surface area contributed by atoms with Gasteiger partial charge in [-0.15, -0.1) is 0 Å². The summed E-state index contributed by atoms with van der Waals surface area (Å²) in [5, 5.41) is 6.32. The first kappa shape index (κ1) is 16.8. The zero-order valence-corrected chi connectivity index (χ0v) is 13.0. The van der Waals surface area contributed by atoms with Crippen LogP contribution in [0, 0.1) is 11.8 Å². The summed E-state index contributed by atoms with van der Waals surface area (Å²) >= 11 is 0. The molecule has 0 bridgehead atoms. The van der Waals surface area contributed by atoms with E-state index in [1.807, 2.05) is 20.8 Å². The second kappa shape index (κ2) is 5.93. The van der Waals surface area contributed by atoms with Crippen LogP contribution in [0.15, 0.2) is 10.6 Å². The lowest BCUT2D eigenvalue weighted by molar-refractivity contribution is -0.185. The minimum Gasteiger partial charge on any atom is -0.359 e. The summed E-state index contributed by atoms with van der Waals surface area (Å²) in [7, 11) is 0. The summed E-state index contributed by atoms with van der Waals surface area (Å²) in [5.74, 6) is -1.57. The normalized spacial score (nSPS) is 23.4. The van der Waals surface area contributed by atoms with E-state index in [9.17, 15) is 18.0 Å². The van der Waals surface area contributed by atoms with Crippen molar-refractivity contribution in [2.75, 3.05) is 5.32 Å². The molecule has 0 saturated heterocycles. The van der Waals surface area contributed by atoms with Crippen molar-refractivity contribution < 1.29 is 22.5 Å². The van der Waals surface area contributed by atoms with Gasteiger partial charge in [-0.25, -0.2) is 0 Å². The first-order chi connectivity index (χ1) is 10.1. The zero-order chi connectivity index (χ0) is 16.5. The summed E-state index contributed by atoms with van der Waals surface area (Å²) in [6.45, 7) is 5.82. The van der Waals surface area contributed by atoms with Crippen molar-refractivity contribution in [3.05, 3.63) is 11.8 Å². The molecule has 2 rings (SSSR count). The van der Waals surface area contributed by atoms with E-state index in [-0.39, 0.29) is 24.1 Å². The molecule has 0 unspecified atom stereocenters. The Labute approximate surface area is 127 Å². The van der Waals surface area contributed by atoms with Crippen molar-refractivity contribution in [2.24, 2.45) is 11.8 Å². The summed E-state index contributed by atoms with van der Waals surface area (Å²) < 4.78 is 43.5. The molecule has 2 atom stereocenters. The maximum atomic E-state index is 12.8. The number of hydrogen-bond acceptors (Lipinski definition) is 3. The van der Waals surface area contributed by atoms with Gasteiger partial charge in [-0.2, -0.15) is 13.2 Å². The van der Waals surface area contributed by atoms with Crippen LogP contribution in [-0.4, -0.2) is 17.2 Å². The van der Waals surface area contributed by atoms with Gasteiger partial charge < -0.3 is 9.84 Å². The van der Waals surface area contributed by atoms with Crippen LogP contribution in [0.2, 0.25) is 0 Å². The van der Waals surface area contributed by atoms with E-state index >= 15 is 0 Å². The monoisotopic (exact) mass is 318 g/mol. The third-order valence-electron chi connectivity index (χ3n) is 4.01. The van der Waals surface area contributed by atoms with Crippen LogP contribution in [0.3, 0.4) is 0 Å². The quantitative estimate of drug-likeness (QED) is 0.885. The molecular weight excluding hydrogens is 297 g/mol. The number of halogens is 3. The summed E-state index contributed by atoms with van der Waals surface area (Å²) in [5.41, 5.74) is -0.248. The summed E-state index contributed by atoms with van der Waals surface area (Å²) in [6.07, 6.45) is -3.40. The second-order valence-corrected chi connectivity index (χ2v) is 6.92. The molecule has 1 fully saturated rings. The highest BCUT2D eigenvalue weighted by Crippen LogP contribution is 2.40. The Morgan fingerprint density at radius 2 is 2.00 bits per heavy atom. The van der Waals surface area contributed by atoms with Crippen LogP contribution < -0.4 is 5.32 Å². The molecular formula is C15H21F3N2O2. The lowest BCUT2D eigenvalue weighted by atomic mass is 9.80. The number of carbonyl (C=O) groups is 1. The van der Waals surface area contributed by atoms with Gasteiger partial charge in [-0.05, 0) is 19.3 Å². The Bertz CT molecular complexity index is 532. The van der Waals surface area contributed by atoms with E-state index < -0.39 is 23.9 Å². The van der Waals surface area contributed by atoms with Gasteiger partial charge in [0, 0.05) is 17.4 Å². The lowest BCUT2D eigenvalue weighted by Gasteiger charge is -2.29. The van der Waals surface area contributed by atoms with Gasteiger partial charge in [0.05, 0.1) is 5.92 Å². The van der Waals surface area contributed by atoms with Crippen LogP contribution >= 0.6 is 0 Å². The maximum absolute atomic E-state index is 12.8. The van der Waals surface area contributed by atoms with Crippen molar-refractivity contribution in [1.82, 2.24) is 5.16 Å². The van der Waals surface area contributed by atoms with Crippen molar-refractivity contribution in [3.8, 4) is 0 Å². The van der Waals surface area contributed by atoms with Crippen molar-refractivity contribution in [3.63, 3.8) is 0 Å². The van der Waals surface area contributed by atoms with E-state index in [4.69, 9.17) is 4.52 Å². The molecule has 1 aliphatic carbocycles. The molecule has 124 valence electrons. The highest BCUT2D eigenvalue weighted by molar-refractivity contribution is 5.91. The van der Waals surface area contributed by atoms with Crippen molar-refractivity contribution in [2.45, 2.75) is 58.0 Å². The molecule has 1 saturated carbocycles. The third kappa shape index (κ3) is 4.01. The predicted octanol–water partition coefficient (Wildman–Crippen LogP) is 4.28. The Balaban J connectivity index is 1.99. The minimum absolute atomic E-state index is 0.103. The molecule has 0 aromatic carbocycles. The first-order valence-corrected chi connectivity index (χ1v) is 7.42. The average Bonchev–Trinajstić information content (AvgIpc) is 2.86. The Kier molecular flexibility index (Phi) is 4.54. The molecule has 1 N–H and O–H groups in total. The number of rotatable bonds is 2. The van der Waals surface area contributed by atoms with E-state index in [0.29, 0.717) is 18.6 Å². The SMILES string of the molecule is CC(C)(C)c1cc(NC(=O)[C@@H]2CCC[C@H](C(F)(F)F)C2)no1. The smallest absolute Gasteiger partial charge is 0.359 e. The number of aromatic nitrogens is 1. The number of alkyl halides is 3. The molecule has 0 spiro atoms. The van der Waals surface area contributed by atoms with Crippen LogP contribution in [-0.2, 0) is 10.2 Å². The van der Waals surface area contributed by atoms with Gasteiger partial charge in [0.2, 0.25) is 5.91 Å². The molecule has 0 aliphatic heterocycles. The Morgan fingerprint density at radius 1 is 1.32 bits per heavy atom. The number of anilines is 1. The van der Waals surface area contributed by atoms with Crippen molar-refractivity contribution >= 4 is 11.7 Å². The molecule has 7 heteroatoms. The van der Waals surface area contributed by atoms with E-state index in [1.54, 1.807) is 6.07 Å². The Hall–Kier alpha value is -1.53. The van der Waals surface area contributed by atoms with Crippen molar-refractivity contribution in [1.29, 1.82) is 0 Å². The van der Waals surface area contributed by atoms with Crippen LogP contribution in [0.1, 0.15) is 52.2 Å². The van der Waals surface area contributed by atoms with Crippen LogP contribution in [0.5, 0.6) is 0 Å². The number of nitrogens with zero attached hydrogens (tertiary/aromatic N) is 1. The molecule has 1 amide bonds. The number of carbonyl (C=O) groups excluding carboxylic acids is 1. The summed E-state index contributed by atoms with van der Waals surface area (Å²) in [6, 6.07) is 1.61. The zero-order valence-electron chi connectivity index (χ0n) is 13.0. The van der Waals surface area contributed by atoms with Gasteiger partial charge in [-0.1, -0.05) is 32.3 Å². The fraction of sp³-hybridized carbons (Fsp3) is 0.733. The van der Waals surface area contributed by atoms with Crippen LogP contribution in [0.4, 0.5) is 19.0 Å². The molecule has 4 nitrogen and oxygen atoms in total. The van der Waals surface area contributed by atoms with E-state index in [0.717, 1.165) is 0 Å². The predicted molar refractivity (Wildman–Crippen MR) is 75.3 cm³/mol. The number of nitrogens with one attached hydrogen (secondary N) is 1. The van der Waals surface area contributed by atoms with E-state index in [2.05, 4.69) is 10.5 Å². The molecule has 22 heavy (non-hydrogen) atoms. The molecule has 1 aromatic rings. The van der Waals surface area contributed by atoms with E-state index in [1.165, 1.54) is 0 Å². The fourth-order valence-corrected chi connectivity index (χ4v) is 2.64. The molecule has 1 heterocycles. The van der Waals surface area contributed by atoms with Gasteiger partial charge >= 0.3 is 6.18 Å². The first-order valence-electron chi connectivity index (χ1n) is 7.42. The molecule has 1 aliphatic rings. The fourth-order valence-electron chi connectivity index (χ4n) is 2.64. The Morgan fingerprint density at radius 3 is 2.55 bits per heavy atom. The number of hydrogen-bond donors (Lipinski definition) is 1. The minimum atomic E-state index is -4.23. The van der Waals surface area contributed by atoms with Gasteiger partial charge in [0.1, 0.15) is 5.76 Å². The lowest BCUT2D eigenvalue weighted by Crippen LogP contribution is -2.34. The molecule has 1 aromatic heterocycles. The standard InChI is InChI=1S/C15H21F3N2O2/c1-14(2,3)11-8-12(20-22-11)19-13(21)9-5-4-6-10(7-9)15(16,17)18/h8-10H,4-7H2,1-3H3,(H,19,20,21)/t9-,10+/m1/s1. The number of amides is 1. The van der Waals surface area contributed by atoms with Gasteiger partial charge in [0.15, 0.2) is 5.82 Å². The molecule has 0 radical (unpaired) electrons. The second-order valence-electron chi connectivity index (χ2n) is 6.92.